The fourth-order valence-corrected chi connectivity index (χ4v) is 2.74. The molecule has 0 spiro atoms. The van der Waals surface area contributed by atoms with Gasteiger partial charge in [-0.2, -0.15) is 0 Å². The van der Waals surface area contributed by atoms with Crippen molar-refractivity contribution in [2.24, 2.45) is 5.92 Å². The zero-order chi connectivity index (χ0) is 23.2. The van der Waals surface area contributed by atoms with Gasteiger partial charge in [0.05, 0.1) is 6.10 Å². The molecule has 2 atom stereocenters. The van der Waals surface area contributed by atoms with E-state index in [0.29, 0.717) is 11.4 Å². The third-order valence-corrected chi connectivity index (χ3v) is 4.63. The van der Waals surface area contributed by atoms with Crippen LogP contribution in [0.25, 0.3) is 0 Å². The van der Waals surface area contributed by atoms with Crippen LogP contribution in [0.5, 0.6) is 5.75 Å². The van der Waals surface area contributed by atoms with Crippen LogP contribution in [0.15, 0.2) is 48.5 Å². The van der Waals surface area contributed by atoms with E-state index < -0.39 is 23.7 Å². The Balaban J connectivity index is 2.10. The fourth-order valence-electron chi connectivity index (χ4n) is 2.74. The Labute approximate surface area is 180 Å². The predicted octanol–water partition coefficient (Wildman–Crippen LogP) is 5.21. The molecule has 0 saturated carbocycles. The molecule has 2 amide bonds. The molecule has 0 saturated heterocycles. The van der Waals surface area contributed by atoms with Crippen LogP contribution in [0.4, 0.5) is 20.2 Å². The summed E-state index contributed by atoms with van der Waals surface area (Å²) in [5.41, 5.74) is 0.115. The first-order chi connectivity index (χ1) is 14.5. The molecular formula is C23H27F2N3O3. The number of nitrogens with one attached hydrogen (secondary N) is 3. The molecule has 3 N–H and O–H groups in total. The van der Waals surface area contributed by atoms with Crippen LogP contribution in [0.1, 0.15) is 39.7 Å². The number of amides is 2. The molecule has 0 bridgehead atoms. The lowest BCUT2D eigenvalue weighted by Crippen LogP contribution is -2.38. The third-order valence-electron chi connectivity index (χ3n) is 4.63. The first-order valence-electron chi connectivity index (χ1n) is 9.93. The standard InChI is InChI=1S/C23H27F2N3O3/c1-5-14(2)31-19-11-9-17(10-12-19)27-21(29)20(15(3)26)22(30)28-18-8-6-7-16(13-18)23(4,24)25/h6-14,20,26H,5H2,1-4H3,(H,27,29)(H,28,30). The number of ether oxygens (including phenoxy) is 1. The van der Waals surface area contributed by atoms with E-state index >= 15 is 0 Å². The highest BCUT2D eigenvalue weighted by Gasteiger charge is 2.30. The Morgan fingerprint density at radius 2 is 1.65 bits per heavy atom. The molecule has 0 aromatic heterocycles. The van der Waals surface area contributed by atoms with E-state index in [1.807, 2.05) is 13.8 Å². The van der Waals surface area contributed by atoms with Gasteiger partial charge in [-0.3, -0.25) is 9.59 Å². The topological polar surface area (TPSA) is 91.3 Å². The van der Waals surface area contributed by atoms with Gasteiger partial charge in [0, 0.05) is 29.6 Å². The van der Waals surface area contributed by atoms with Gasteiger partial charge < -0.3 is 20.8 Å². The average Bonchev–Trinajstić information content (AvgIpc) is 2.68. The van der Waals surface area contributed by atoms with Gasteiger partial charge in [-0.1, -0.05) is 19.1 Å². The monoisotopic (exact) mass is 431 g/mol. The lowest BCUT2D eigenvalue weighted by Gasteiger charge is -2.17. The lowest BCUT2D eigenvalue weighted by atomic mass is 10.0. The van der Waals surface area contributed by atoms with Gasteiger partial charge in [0.25, 0.3) is 5.92 Å². The van der Waals surface area contributed by atoms with Gasteiger partial charge >= 0.3 is 0 Å². The summed E-state index contributed by atoms with van der Waals surface area (Å²) in [6, 6.07) is 11.9. The summed E-state index contributed by atoms with van der Waals surface area (Å²) in [7, 11) is 0. The van der Waals surface area contributed by atoms with Crippen LogP contribution in [0, 0.1) is 11.3 Å². The summed E-state index contributed by atoms with van der Waals surface area (Å²) in [5, 5.41) is 12.9. The van der Waals surface area contributed by atoms with Crippen molar-refractivity contribution in [2.45, 2.75) is 46.1 Å². The van der Waals surface area contributed by atoms with Crippen LogP contribution < -0.4 is 15.4 Å². The van der Waals surface area contributed by atoms with E-state index in [9.17, 15) is 18.4 Å². The maximum atomic E-state index is 13.5. The van der Waals surface area contributed by atoms with E-state index in [-0.39, 0.29) is 23.1 Å². The van der Waals surface area contributed by atoms with Crippen LogP contribution in [-0.2, 0) is 15.5 Å². The Kier molecular flexibility index (Phi) is 7.85. The van der Waals surface area contributed by atoms with E-state index in [0.717, 1.165) is 19.4 Å². The molecule has 31 heavy (non-hydrogen) atoms. The first-order valence-corrected chi connectivity index (χ1v) is 9.93. The highest BCUT2D eigenvalue weighted by molar-refractivity contribution is 6.24. The zero-order valence-electron chi connectivity index (χ0n) is 18.0. The molecule has 2 rings (SSSR count). The highest BCUT2D eigenvalue weighted by atomic mass is 19.3. The van der Waals surface area contributed by atoms with Crippen molar-refractivity contribution in [2.75, 3.05) is 10.6 Å². The van der Waals surface area contributed by atoms with E-state index in [1.54, 1.807) is 24.3 Å². The number of hydrogen-bond acceptors (Lipinski definition) is 4. The smallest absolute Gasteiger partial charge is 0.270 e. The maximum Gasteiger partial charge on any atom is 0.270 e. The molecule has 0 aliphatic carbocycles. The molecular weight excluding hydrogens is 404 g/mol. The number of halogens is 2. The Morgan fingerprint density at radius 3 is 2.16 bits per heavy atom. The minimum absolute atomic E-state index is 0.0558. The second kappa shape index (κ2) is 10.1. The van der Waals surface area contributed by atoms with E-state index in [2.05, 4.69) is 10.6 Å². The summed E-state index contributed by atoms with van der Waals surface area (Å²) < 4.78 is 32.7. The van der Waals surface area contributed by atoms with Crippen LogP contribution in [0.2, 0.25) is 0 Å². The normalized spacial score (nSPS) is 13.1. The Hall–Kier alpha value is -3.29. The van der Waals surface area contributed by atoms with Crippen LogP contribution in [0.3, 0.4) is 0 Å². The summed E-state index contributed by atoms with van der Waals surface area (Å²) in [6.45, 7) is 6.05. The average molecular weight is 431 g/mol. The van der Waals surface area contributed by atoms with Gasteiger partial charge in [0.15, 0.2) is 5.92 Å². The SMILES string of the molecule is CCC(C)Oc1ccc(NC(=O)C(C(C)=N)C(=O)Nc2cccc(C(C)(F)F)c2)cc1. The van der Waals surface area contributed by atoms with Crippen molar-refractivity contribution in [3.05, 3.63) is 54.1 Å². The van der Waals surface area contributed by atoms with Crippen molar-refractivity contribution >= 4 is 28.9 Å². The number of anilines is 2. The van der Waals surface area contributed by atoms with Crippen molar-refractivity contribution in [3.8, 4) is 5.75 Å². The van der Waals surface area contributed by atoms with Crippen LogP contribution >= 0.6 is 0 Å². The van der Waals surface area contributed by atoms with Gasteiger partial charge in [0.2, 0.25) is 11.8 Å². The van der Waals surface area contributed by atoms with Crippen molar-refractivity contribution in [3.63, 3.8) is 0 Å². The minimum Gasteiger partial charge on any atom is -0.491 e. The summed E-state index contributed by atoms with van der Waals surface area (Å²) >= 11 is 0. The largest absolute Gasteiger partial charge is 0.491 e. The molecule has 0 radical (unpaired) electrons. The van der Waals surface area contributed by atoms with Crippen LogP contribution in [-0.4, -0.2) is 23.6 Å². The zero-order valence-corrected chi connectivity index (χ0v) is 18.0. The van der Waals surface area contributed by atoms with E-state index in [4.69, 9.17) is 10.1 Å². The Bertz CT molecular complexity index is 940. The molecule has 0 heterocycles. The molecule has 2 aromatic rings. The number of benzene rings is 2. The molecule has 2 aromatic carbocycles. The van der Waals surface area contributed by atoms with E-state index in [1.165, 1.54) is 25.1 Å². The van der Waals surface area contributed by atoms with Crippen molar-refractivity contribution in [1.82, 2.24) is 0 Å². The Morgan fingerprint density at radius 1 is 1.06 bits per heavy atom. The second-order valence-electron chi connectivity index (χ2n) is 7.42. The van der Waals surface area contributed by atoms with Crippen molar-refractivity contribution < 1.29 is 23.1 Å². The summed E-state index contributed by atoms with van der Waals surface area (Å²) in [6.07, 6.45) is 0.910. The molecule has 0 aliphatic heterocycles. The molecule has 8 heteroatoms. The lowest BCUT2D eigenvalue weighted by molar-refractivity contribution is -0.126. The fraction of sp³-hybridized carbons (Fsp3) is 0.348. The number of carbonyl (C=O) groups excluding carboxylic acids is 2. The first kappa shape index (κ1) is 24.0. The quantitative estimate of drug-likeness (QED) is 0.376. The van der Waals surface area contributed by atoms with Gasteiger partial charge in [-0.05, 0) is 56.7 Å². The molecule has 6 nitrogen and oxygen atoms in total. The minimum atomic E-state index is -3.07. The van der Waals surface area contributed by atoms with Crippen molar-refractivity contribution in [1.29, 1.82) is 5.41 Å². The molecule has 166 valence electrons. The predicted molar refractivity (Wildman–Crippen MR) is 117 cm³/mol. The summed E-state index contributed by atoms with van der Waals surface area (Å²) in [4.78, 5) is 25.3. The highest BCUT2D eigenvalue weighted by Crippen LogP contribution is 2.28. The second-order valence-corrected chi connectivity index (χ2v) is 7.42. The van der Waals surface area contributed by atoms with Gasteiger partial charge in [-0.15, -0.1) is 0 Å². The maximum absolute atomic E-state index is 13.5. The number of alkyl halides is 2. The van der Waals surface area contributed by atoms with Gasteiger partial charge in [0.1, 0.15) is 5.75 Å². The molecule has 0 fully saturated rings. The summed E-state index contributed by atoms with van der Waals surface area (Å²) in [5.74, 6) is -5.31. The third kappa shape index (κ3) is 6.87. The molecule has 0 aliphatic rings. The number of rotatable bonds is 9. The molecule has 2 unspecified atom stereocenters. The number of hydrogen-bond donors (Lipinski definition) is 3. The number of carbonyl (C=O) groups is 2. The van der Waals surface area contributed by atoms with Gasteiger partial charge in [-0.25, -0.2) is 8.78 Å².